The highest BCUT2D eigenvalue weighted by atomic mass is 16.5. The number of nitrogens with zero attached hydrogens (tertiary/aromatic N) is 1. The number of nitrogens with one attached hydrogen (secondary N) is 2. The molecule has 0 atom stereocenters. The van der Waals surface area contributed by atoms with Crippen LogP contribution in [0.15, 0.2) is 23.2 Å². The van der Waals surface area contributed by atoms with Crippen LogP contribution in [0.3, 0.4) is 0 Å². The third-order valence-corrected chi connectivity index (χ3v) is 2.59. The molecule has 0 aliphatic rings. The monoisotopic (exact) mass is 259 g/mol. The predicted molar refractivity (Wildman–Crippen MR) is 79.4 cm³/mol. The van der Waals surface area contributed by atoms with Crippen molar-refractivity contribution in [1.29, 1.82) is 0 Å². The summed E-state index contributed by atoms with van der Waals surface area (Å²) in [4.78, 5) is 4.47. The minimum Gasteiger partial charge on any atom is -0.496 e. The molecule has 19 heavy (non-hydrogen) atoms. The summed E-state index contributed by atoms with van der Waals surface area (Å²) in [5, 5.41) is 6.19. The molecule has 1 aromatic rings. The molecule has 0 unspecified atom stereocenters. The summed E-state index contributed by atoms with van der Waals surface area (Å²) in [6, 6.07) is 6.08. The maximum atomic E-state index is 5.30. The molecule has 0 amide bonds. The highest BCUT2D eigenvalue weighted by Crippen LogP contribution is 2.19. The average molecular weight is 259 g/mol. The zero-order chi connectivity index (χ0) is 14.1. The number of methoxy groups -OCH3 is 1. The maximum absolute atomic E-state index is 5.30. The number of rotatable bonds is 5. The molecule has 0 saturated carbocycles. The molecule has 4 nitrogen and oxygen atoms in total. The number of hydrogen-bond acceptors (Lipinski definition) is 2. The SMILES string of the molecule is C#CCNC(=NCc1ccc(C)c(OC)c1)NCC. The van der Waals surface area contributed by atoms with Crippen LogP contribution in [0.4, 0.5) is 0 Å². The number of aliphatic imine (C=N–C) groups is 1. The Labute approximate surface area is 115 Å². The molecule has 1 rings (SSSR count). The van der Waals surface area contributed by atoms with E-state index in [1.165, 1.54) is 0 Å². The van der Waals surface area contributed by atoms with Gasteiger partial charge in [-0.15, -0.1) is 6.42 Å². The van der Waals surface area contributed by atoms with Gasteiger partial charge in [0.2, 0.25) is 0 Å². The van der Waals surface area contributed by atoms with Crippen LogP contribution >= 0.6 is 0 Å². The number of hydrogen-bond donors (Lipinski definition) is 2. The minimum atomic E-state index is 0.461. The van der Waals surface area contributed by atoms with Crippen molar-refractivity contribution in [2.75, 3.05) is 20.2 Å². The van der Waals surface area contributed by atoms with Crippen LogP contribution in [0.2, 0.25) is 0 Å². The third kappa shape index (κ3) is 4.92. The lowest BCUT2D eigenvalue weighted by Crippen LogP contribution is -2.37. The second kappa shape index (κ2) is 8.04. The molecule has 2 N–H and O–H groups in total. The maximum Gasteiger partial charge on any atom is 0.192 e. The first-order valence-corrected chi connectivity index (χ1v) is 6.30. The van der Waals surface area contributed by atoms with E-state index in [1.54, 1.807) is 7.11 Å². The average Bonchev–Trinajstić information content (AvgIpc) is 2.43. The van der Waals surface area contributed by atoms with E-state index < -0.39 is 0 Å². The smallest absolute Gasteiger partial charge is 0.192 e. The molecule has 4 heteroatoms. The zero-order valence-electron chi connectivity index (χ0n) is 11.8. The van der Waals surface area contributed by atoms with Crippen molar-refractivity contribution in [3.8, 4) is 18.1 Å². The number of terminal acetylenes is 1. The molecule has 0 aromatic heterocycles. The predicted octanol–water partition coefficient (Wildman–Crippen LogP) is 1.69. The molecular formula is C15H21N3O. The Morgan fingerprint density at radius 2 is 2.21 bits per heavy atom. The van der Waals surface area contributed by atoms with Gasteiger partial charge in [-0.2, -0.15) is 0 Å². The highest BCUT2D eigenvalue weighted by molar-refractivity contribution is 5.79. The van der Waals surface area contributed by atoms with E-state index in [4.69, 9.17) is 11.2 Å². The van der Waals surface area contributed by atoms with Crippen molar-refractivity contribution in [2.24, 2.45) is 4.99 Å². The van der Waals surface area contributed by atoms with Crippen molar-refractivity contribution >= 4 is 5.96 Å². The molecular weight excluding hydrogens is 238 g/mol. The van der Waals surface area contributed by atoms with Crippen molar-refractivity contribution in [1.82, 2.24) is 10.6 Å². The molecule has 0 bridgehead atoms. The van der Waals surface area contributed by atoms with E-state index in [0.717, 1.165) is 29.4 Å². The van der Waals surface area contributed by atoms with E-state index in [1.807, 2.05) is 32.0 Å². The fraction of sp³-hybridized carbons (Fsp3) is 0.400. The molecule has 0 heterocycles. The van der Waals surface area contributed by atoms with Crippen LogP contribution in [-0.2, 0) is 6.54 Å². The van der Waals surface area contributed by atoms with Gasteiger partial charge in [0.1, 0.15) is 5.75 Å². The molecule has 102 valence electrons. The molecule has 0 saturated heterocycles. The lowest BCUT2D eigenvalue weighted by molar-refractivity contribution is 0.411. The summed E-state index contributed by atoms with van der Waals surface area (Å²) >= 11 is 0. The van der Waals surface area contributed by atoms with Gasteiger partial charge in [0, 0.05) is 6.54 Å². The summed E-state index contributed by atoms with van der Waals surface area (Å²) in [5.74, 6) is 4.13. The van der Waals surface area contributed by atoms with Crippen LogP contribution in [-0.4, -0.2) is 26.2 Å². The lowest BCUT2D eigenvalue weighted by Gasteiger charge is -2.10. The fourth-order valence-corrected chi connectivity index (χ4v) is 1.61. The van der Waals surface area contributed by atoms with Gasteiger partial charge in [-0.05, 0) is 31.0 Å². The van der Waals surface area contributed by atoms with Crippen LogP contribution in [0, 0.1) is 19.3 Å². The Kier molecular flexibility index (Phi) is 6.31. The van der Waals surface area contributed by atoms with Crippen LogP contribution in [0.25, 0.3) is 0 Å². The summed E-state index contributed by atoms with van der Waals surface area (Å²) < 4.78 is 5.30. The zero-order valence-corrected chi connectivity index (χ0v) is 11.8. The Bertz CT molecular complexity index is 475. The van der Waals surface area contributed by atoms with Crippen molar-refractivity contribution in [3.05, 3.63) is 29.3 Å². The third-order valence-electron chi connectivity index (χ3n) is 2.59. The molecule has 1 aromatic carbocycles. The molecule has 0 spiro atoms. The lowest BCUT2D eigenvalue weighted by atomic mass is 10.1. The molecule has 0 radical (unpaired) electrons. The number of ether oxygens (including phenoxy) is 1. The molecule has 0 aliphatic carbocycles. The number of benzene rings is 1. The van der Waals surface area contributed by atoms with Gasteiger partial charge in [0.05, 0.1) is 20.2 Å². The number of aryl methyl sites for hydroxylation is 1. The Morgan fingerprint density at radius 3 is 2.84 bits per heavy atom. The van der Waals surface area contributed by atoms with E-state index in [-0.39, 0.29) is 0 Å². The molecule has 0 aliphatic heterocycles. The first-order chi connectivity index (χ1) is 9.21. The summed E-state index contributed by atoms with van der Waals surface area (Å²) in [7, 11) is 1.67. The first-order valence-electron chi connectivity index (χ1n) is 6.30. The standard InChI is InChI=1S/C15H21N3O/c1-5-9-17-15(16-6-2)18-11-13-8-7-12(3)14(10-13)19-4/h1,7-8,10H,6,9,11H2,2-4H3,(H2,16,17,18). The van der Waals surface area contributed by atoms with E-state index in [2.05, 4.69) is 21.5 Å². The van der Waals surface area contributed by atoms with Gasteiger partial charge in [0.15, 0.2) is 5.96 Å². The first kappa shape index (κ1) is 14.9. The van der Waals surface area contributed by atoms with Gasteiger partial charge in [-0.3, -0.25) is 0 Å². The molecule has 0 fully saturated rings. The largest absolute Gasteiger partial charge is 0.496 e. The summed E-state index contributed by atoms with van der Waals surface area (Å²) in [5.41, 5.74) is 2.22. The van der Waals surface area contributed by atoms with Crippen LogP contribution in [0.5, 0.6) is 5.75 Å². The summed E-state index contributed by atoms with van der Waals surface area (Å²) in [6.45, 7) is 5.87. The summed E-state index contributed by atoms with van der Waals surface area (Å²) in [6.07, 6.45) is 5.22. The van der Waals surface area contributed by atoms with Crippen LogP contribution in [0.1, 0.15) is 18.1 Å². The van der Waals surface area contributed by atoms with E-state index in [9.17, 15) is 0 Å². The van der Waals surface area contributed by atoms with E-state index in [0.29, 0.717) is 13.1 Å². The van der Waals surface area contributed by atoms with Gasteiger partial charge >= 0.3 is 0 Å². The van der Waals surface area contributed by atoms with E-state index >= 15 is 0 Å². The second-order valence-corrected chi connectivity index (χ2v) is 4.06. The van der Waals surface area contributed by atoms with Crippen molar-refractivity contribution < 1.29 is 4.74 Å². The van der Waals surface area contributed by atoms with Crippen molar-refractivity contribution in [3.63, 3.8) is 0 Å². The normalized spacial score (nSPS) is 10.7. The van der Waals surface area contributed by atoms with Crippen molar-refractivity contribution in [2.45, 2.75) is 20.4 Å². The van der Waals surface area contributed by atoms with Crippen LogP contribution < -0.4 is 15.4 Å². The topological polar surface area (TPSA) is 45.7 Å². The van der Waals surface area contributed by atoms with Gasteiger partial charge in [-0.25, -0.2) is 4.99 Å². The van der Waals surface area contributed by atoms with Gasteiger partial charge < -0.3 is 15.4 Å². The fourth-order valence-electron chi connectivity index (χ4n) is 1.61. The Hall–Kier alpha value is -2.15. The van der Waals surface area contributed by atoms with Gasteiger partial charge in [0.25, 0.3) is 0 Å². The quantitative estimate of drug-likeness (QED) is 0.480. The second-order valence-electron chi connectivity index (χ2n) is 4.06. The highest BCUT2D eigenvalue weighted by Gasteiger charge is 2.01. The minimum absolute atomic E-state index is 0.461. The Morgan fingerprint density at radius 1 is 1.42 bits per heavy atom. The number of guanidine groups is 1. The van der Waals surface area contributed by atoms with Gasteiger partial charge in [-0.1, -0.05) is 18.1 Å². The Balaban J connectivity index is 2.73.